The van der Waals surface area contributed by atoms with Gasteiger partial charge in [0.05, 0.1) is 27.3 Å². The fraction of sp³-hybridized carbons (Fsp3) is 0. The zero-order valence-electron chi connectivity index (χ0n) is 14.3. The molecule has 0 saturated carbocycles. The lowest BCUT2D eigenvalue weighted by Gasteiger charge is -2.07. The molecule has 0 aliphatic heterocycles. The maximum absolute atomic E-state index is 13.9. The van der Waals surface area contributed by atoms with Crippen molar-refractivity contribution in [1.82, 2.24) is 0 Å². The van der Waals surface area contributed by atoms with Gasteiger partial charge < -0.3 is 4.74 Å². The monoisotopic (exact) mass is 411 g/mol. The highest BCUT2D eigenvalue weighted by Gasteiger charge is 2.11. The molecular formula is C22H12Cl2FNO2. The normalized spacial score (nSPS) is 11.0. The van der Waals surface area contributed by atoms with Gasteiger partial charge >= 0.3 is 5.97 Å². The van der Waals surface area contributed by atoms with Crippen LogP contribution >= 0.6 is 23.2 Å². The Morgan fingerprint density at radius 1 is 1.00 bits per heavy atom. The average Bonchev–Trinajstić information content (AvgIpc) is 2.69. The lowest BCUT2D eigenvalue weighted by Crippen LogP contribution is -2.08. The summed E-state index contributed by atoms with van der Waals surface area (Å²) in [6.45, 7) is 0. The summed E-state index contributed by atoms with van der Waals surface area (Å²) in [4.78, 5) is 12.3. The minimum atomic E-state index is -0.602. The molecule has 0 aromatic heterocycles. The number of nitriles is 1. The number of carbonyl (C=O) groups is 1. The van der Waals surface area contributed by atoms with Gasteiger partial charge in [0, 0.05) is 5.56 Å². The molecule has 6 heteroatoms. The van der Waals surface area contributed by atoms with Crippen LogP contribution in [0, 0.1) is 17.1 Å². The molecule has 3 rings (SSSR count). The van der Waals surface area contributed by atoms with Crippen molar-refractivity contribution < 1.29 is 13.9 Å². The molecule has 0 amide bonds. The summed E-state index contributed by atoms with van der Waals surface area (Å²) in [5, 5.41) is 9.97. The van der Waals surface area contributed by atoms with Crippen molar-refractivity contribution in [3.05, 3.63) is 99.3 Å². The number of halogens is 3. The molecule has 0 heterocycles. The highest BCUT2D eigenvalue weighted by Crippen LogP contribution is 2.25. The zero-order chi connectivity index (χ0) is 20.1. The van der Waals surface area contributed by atoms with Gasteiger partial charge in [-0.25, -0.2) is 9.18 Å². The first-order chi connectivity index (χ1) is 13.5. The van der Waals surface area contributed by atoms with Crippen LogP contribution in [0.4, 0.5) is 4.39 Å². The molecule has 0 spiro atoms. The first kappa shape index (κ1) is 19.6. The molecule has 28 heavy (non-hydrogen) atoms. The zero-order valence-corrected chi connectivity index (χ0v) is 15.8. The quantitative estimate of drug-likeness (QED) is 0.215. The minimum absolute atomic E-state index is 0.158. The van der Waals surface area contributed by atoms with Gasteiger partial charge in [0.15, 0.2) is 0 Å². The van der Waals surface area contributed by atoms with E-state index in [1.165, 1.54) is 36.4 Å². The van der Waals surface area contributed by atoms with Gasteiger partial charge in [0.2, 0.25) is 0 Å². The molecule has 0 bridgehead atoms. The number of allylic oxidation sites excluding steroid dienone is 1. The molecule has 0 atom stereocenters. The average molecular weight is 412 g/mol. The van der Waals surface area contributed by atoms with Crippen molar-refractivity contribution in [3.63, 3.8) is 0 Å². The highest BCUT2D eigenvalue weighted by atomic mass is 35.5. The van der Waals surface area contributed by atoms with Gasteiger partial charge in [-0.15, -0.1) is 0 Å². The maximum Gasteiger partial charge on any atom is 0.343 e. The van der Waals surface area contributed by atoms with Crippen LogP contribution in [0.15, 0.2) is 66.7 Å². The Bertz CT molecular complexity index is 1120. The summed E-state index contributed by atoms with van der Waals surface area (Å²) < 4.78 is 19.3. The van der Waals surface area contributed by atoms with E-state index in [1.54, 1.807) is 36.4 Å². The number of nitrogens with zero attached hydrogens (tertiary/aromatic N) is 1. The maximum atomic E-state index is 13.9. The second-order valence-electron chi connectivity index (χ2n) is 5.74. The second-order valence-corrected chi connectivity index (χ2v) is 6.55. The molecule has 0 N–H and O–H groups in total. The number of hydrogen-bond donors (Lipinski definition) is 0. The van der Waals surface area contributed by atoms with E-state index >= 15 is 0 Å². The van der Waals surface area contributed by atoms with Crippen LogP contribution in [0.1, 0.15) is 21.5 Å². The topological polar surface area (TPSA) is 50.1 Å². The van der Waals surface area contributed by atoms with E-state index in [0.717, 1.165) is 0 Å². The standard InChI is InChI=1S/C22H12Cl2FNO2/c23-19-9-8-15(12-20(19)24)22(27)28-17-5-3-4-14(11-17)10-16(13-26)18-6-1-2-7-21(18)25/h1-12H/b16-10-. The molecule has 138 valence electrons. The van der Waals surface area contributed by atoms with Crippen LogP contribution in [-0.4, -0.2) is 5.97 Å². The Hall–Kier alpha value is -3.13. The lowest BCUT2D eigenvalue weighted by molar-refractivity contribution is 0.0735. The highest BCUT2D eigenvalue weighted by molar-refractivity contribution is 6.42. The second kappa shape index (κ2) is 8.71. The number of esters is 1. The van der Waals surface area contributed by atoms with E-state index in [-0.39, 0.29) is 27.5 Å². The molecule has 3 aromatic carbocycles. The van der Waals surface area contributed by atoms with Crippen molar-refractivity contribution in [3.8, 4) is 11.8 Å². The van der Waals surface area contributed by atoms with Crippen LogP contribution in [0.5, 0.6) is 5.75 Å². The van der Waals surface area contributed by atoms with Gasteiger partial charge in [0.1, 0.15) is 11.6 Å². The Morgan fingerprint density at radius 3 is 2.50 bits per heavy atom. The molecule has 0 radical (unpaired) electrons. The number of carbonyl (C=O) groups excluding carboxylic acids is 1. The smallest absolute Gasteiger partial charge is 0.343 e. The van der Waals surface area contributed by atoms with Crippen LogP contribution in [0.3, 0.4) is 0 Å². The number of hydrogen-bond acceptors (Lipinski definition) is 3. The van der Waals surface area contributed by atoms with Crippen LogP contribution in [0.2, 0.25) is 10.0 Å². The molecular weight excluding hydrogens is 400 g/mol. The van der Waals surface area contributed by atoms with Crippen LogP contribution in [-0.2, 0) is 0 Å². The molecule has 0 fully saturated rings. The van der Waals surface area contributed by atoms with Crippen molar-refractivity contribution in [2.45, 2.75) is 0 Å². The Balaban J connectivity index is 1.86. The third-order valence-electron chi connectivity index (χ3n) is 3.82. The van der Waals surface area contributed by atoms with E-state index in [1.807, 2.05) is 6.07 Å². The van der Waals surface area contributed by atoms with E-state index < -0.39 is 11.8 Å². The predicted octanol–water partition coefficient (Wildman–Crippen LogP) is 6.42. The summed E-state index contributed by atoms with van der Waals surface area (Å²) in [7, 11) is 0. The van der Waals surface area contributed by atoms with Crippen LogP contribution in [0.25, 0.3) is 11.6 Å². The number of ether oxygens (including phenoxy) is 1. The van der Waals surface area contributed by atoms with E-state index in [4.69, 9.17) is 27.9 Å². The molecule has 3 nitrogen and oxygen atoms in total. The van der Waals surface area contributed by atoms with Gasteiger partial charge in [-0.1, -0.05) is 53.5 Å². The van der Waals surface area contributed by atoms with Crippen LogP contribution < -0.4 is 4.74 Å². The van der Waals surface area contributed by atoms with E-state index in [0.29, 0.717) is 10.6 Å². The lowest BCUT2D eigenvalue weighted by atomic mass is 10.0. The molecule has 3 aromatic rings. The summed E-state index contributed by atoms with van der Waals surface area (Å²) in [5.74, 6) is -0.817. The largest absolute Gasteiger partial charge is 0.423 e. The third-order valence-corrected chi connectivity index (χ3v) is 4.56. The predicted molar refractivity (Wildman–Crippen MR) is 108 cm³/mol. The van der Waals surface area contributed by atoms with E-state index in [2.05, 4.69) is 0 Å². The Kier molecular flexibility index (Phi) is 6.10. The molecule has 0 unspecified atom stereocenters. The van der Waals surface area contributed by atoms with Gasteiger partial charge in [-0.3, -0.25) is 0 Å². The molecule has 0 aliphatic rings. The first-order valence-corrected chi connectivity index (χ1v) is 8.87. The summed E-state index contributed by atoms with van der Waals surface area (Å²) in [6, 6.07) is 19.0. The number of benzene rings is 3. The van der Waals surface area contributed by atoms with E-state index in [9.17, 15) is 14.4 Å². The van der Waals surface area contributed by atoms with Crippen molar-refractivity contribution in [1.29, 1.82) is 5.26 Å². The summed E-state index contributed by atoms with van der Waals surface area (Å²) in [5.41, 5.74) is 1.19. The molecule has 0 aliphatic carbocycles. The fourth-order valence-electron chi connectivity index (χ4n) is 2.47. The van der Waals surface area contributed by atoms with Gasteiger partial charge in [-0.05, 0) is 48.0 Å². The van der Waals surface area contributed by atoms with Crippen molar-refractivity contribution in [2.75, 3.05) is 0 Å². The van der Waals surface area contributed by atoms with Gasteiger partial charge in [-0.2, -0.15) is 5.26 Å². The van der Waals surface area contributed by atoms with Gasteiger partial charge in [0.25, 0.3) is 0 Å². The Labute approximate surface area is 171 Å². The third kappa shape index (κ3) is 4.58. The SMILES string of the molecule is N#C/C(=C/c1cccc(OC(=O)c2ccc(Cl)c(Cl)c2)c1)c1ccccc1F. The number of rotatable bonds is 4. The minimum Gasteiger partial charge on any atom is -0.423 e. The van der Waals surface area contributed by atoms with Crippen molar-refractivity contribution >= 4 is 40.8 Å². The summed E-state index contributed by atoms with van der Waals surface area (Å²) in [6.07, 6.45) is 1.52. The first-order valence-electron chi connectivity index (χ1n) is 8.12. The van der Waals surface area contributed by atoms with Crippen molar-refractivity contribution in [2.24, 2.45) is 0 Å². The fourth-order valence-corrected chi connectivity index (χ4v) is 2.77. The Morgan fingerprint density at radius 2 is 1.79 bits per heavy atom. The molecule has 0 saturated heterocycles. The summed E-state index contributed by atoms with van der Waals surface area (Å²) >= 11 is 11.8.